The van der Waals surface area contributed by atoms with Crippen LogP contribution in [0.15, 0.2) is 53.4 Å². The Morgan fingerprint density at radius 1 is 0.943 bits per heavy atom. The first-order chi connectivity index (χ1) is 24.8. The fourth-order valence-corrected chi connectivity index (χ4v) is 4.85. The number of likely N-dealkylation sites (tertiary alicyclic amines) is 1. The highest BCUT2D eigenvalue weighted by molar-refractivity contribution is 6.32. The summed E-state index contributed by atoms with van der Waals surface area (Å²) in [4.78, 5) is 58.0. The van der Waals surface area contributed by atoms with Crippen LogP contribution in [0.2, 0.25) is 5.02 Å². The first-order valence-electron chi connectivity index (χ1n) is 15.0. The molecule has 6 rings (SSSR count). The smallest absolute Gasteiger partial charge is 0.475 e. The van der Waals surface area contributed by atoms with Gasteiger partial charge in [-0.1, -0.05) is 16.8 Å². The van der Waals surface area contributed by atoms with Gasteiger partial charge < -0.3 is 35.6 Å². The minimum atomic E-state index is -5.08. The molecule has 0 atom stereocenters. The summed E-state index contributed by atoms with van der Waals surface area (Å²) >= 11 is 6.35. The molecule has 0 radical (unpaired) electrons. The third-order valence-corrected chi connectivity index (χ3v) is 7.45. The second-order valence-electron chi connectivity index (χ2n) is 11.4. The van der Waals surface area contributed by atoms with Crippen LogP contribution >= 0.6 is 11.6 Å². The number of nitrogens with one attached hydrogen (secondary N) is 3. The van der Waals surface area contributed by atoms with E-state index in [1.807, 2.05) is 30.5 Å². The van der Waals surface area contributed by atoms with Gasteiger partial charge in [0.2, 0.25) is 11.9 Å². The second-order valence-corrected chi connectivity index (χ2v) is 11.8. The van der Waals surface area contributed by atoms with Crippen molar-refractivity contribution in [3.63, 3.8) is 0 Å². The summed E-state index contributed by atoms with van der Waals surface area (Å²) in [5, 5.41) is 27.9. The summed E-state index contributed by atoms with van der Waals surface area (Å²) in [6, 6.07) is 9.35. The summed E-state index contributed by atoms with van der Waals surface area (Å²) in [5.74, 6) is -4.25. The van der Waals surface area contributed by atoms with Crippen molar-refractivity contribution < 1.29 is 60.3 Å². The van der Waals surface area contributed by atoms with Gasteiger partial charge in [-0.15, -0.1) is 0 Å². The maximum atomic E-state index is 13.0. The molecule has 2 aliphatic rings. The number of nitrogens with zero attached hydrogens (tertiary/aromatic N) is 5. The summed E-state index contributed by atoms with van der Waals surface area (Å²) in [6.45, 7) is 2.76. The van der Waals surface area contributed by atoms with E-state index in [1.165, 1.54) is 6.20 Å². The predicted octanol–water partition coefficient (Wildman–Crippen LogP) is 5.77. The second kappa shape index (κ2) is 16.6. The lowest BCUT2D eigenvalue weighted by Gasteiger charge is -2.38. The van der Waals surface area contributed by atoms with Crippen LogP contribution in [0.25, 0.3) is 0 Å². The van der Waals surface area contributed by atoms with Crippen molar-refractivity contribution in [3.8, 4) is 0 Å². The van der Waals surface area contributed by atoms with Crippen molar-refractivity contribution in [2.75, 3.05) is 29.0 Å². The third kappa shape index (κ3) is 11.5. The number of carboxylic acids is 2. The molecule has 22 heteroatoms. The zero-order chi connectivity index (χ0) is 39.1. The molecular formula is C31H27ClF6N8O7. The highest BCUT2D eigenvalue weighted by Crippen LogP contribution is 2.30. The molecule has 282 valence electrons. The average Bonchev–Trinajstić information content (AvgIpc) is 3.49. The van der Waals surface area contributed by atoms with E-state index in [9.17, 15) is 35.9 Å². The molecule has 4 aromatic rings. The largest absolute Gasteiger partial charge is 0.490 e. The molecule has 53 heavy (non-hydrogen) atoms. The number of carboxylic acid groups (broad SMARTS) is 2. The molecule has 0 saturated carbocycles. The third-order valence-electron chi connectivity index (χ3n) is 7.17. The fraction of sp³-hybridized carbons (Fsp3) is 0.290. The highest BCUT2D eigenvalue weighted by Gasteiger charge is 2.39. The predicted molar refractivity (Wildman–Crippen MR) is 173 cm³/mol. The number of hydrogen-bond donors (Lipinski definition) is 5. The lowest BCUT2D eigenvalue weighted by molar-refractivity contribution is -0.193. The SMILES string of the molecule is Cc1cc(C(=O)N2CC(CC(=O)Nc3ccc4cc3CCc3cncc(c3)Nc3ncc(Cl)c(n3)N4)C2)no1.O=C(O)C(F)(F)F.O=C(O)C(F)(F)F. The van der Waals surface area contributed by atoms with E-state index in [-0.39, 0.29) is 17.7 Å². The highest BCUT2D eigenvalue weighted by atomic mass is 35.5. The Balaban J connectivity index is 0.000000381. The molecule has 2 aliphatic heterocycles. The van der Waals surface area contributed by atoms with E-state index in [0.29, 0.717) is 54.2 Å². The van der Waals surface area contributed by atoms with Crippen molar-refractivity contribution in [2.45, 2.75) is 38.5 Å². The number of alkyl halides is 6. The number of anilines is 5. The number of halogens is 7. The molecule has 1 fully saturated rings. The number of rotatable bonds is 4. The summed E-state index contributed by atoms with van der Waals surface area (Å²) < 4.78 is 68.5. The van der Waals surface area contributed by atoms with Gasteiger partial charge in [-0.2, -0.15) is 31.3 Å². The number of carbonyl (C=O) groups excluding carboxylic acids is 2. The van der Waals surface area contributed by atoms with Gasteiger partial charge in [-0.25, -0.2) is 14.6 Å². The Morgan fingerprint density at radius 3 is 2.21 bits per heavy atom. The number of amides is 2. The average molecular weight is 773 g/mol. The Hall–Kier alpha value is -5.99. The number of aromatic nitrogens is 4. The van der Waals surface area contributed by atoms with Gasteiger partial charge in [0.25, 0.3) is 5.91 Å². The number of fused-ring (bicyclic) bond motifs is 6. The maximum Gasteiger partial charge on any atom is 0.490 e. The first kappa shape index (κ1) is 39.8. The van der Waals surface area contributed by atoms with Crippen LogP contribution in [0.1, 0.15) is 33.8 Å². The molecular weight excluding hydrogens is 746 g/mol. The molecule has 2 amide bonds. The number of pyridine rings is 1. The number of carbonyl (C=O) groups is 4. The van der Waals surface area contributed by atoms with Crippen LogP contribution in [0.5, 0.6) is 0 Å². The Kier molecular flexibility index (Phi) is 12.4. The minimum Gasteiger partial charge on any atom is -0.475 e. The molecule has 15 nitrogen and oxygen atoms in total. The number of hydrogen-bond acceptors (Lipinski definition) is 11. The minimum absolute atomic E-state index is 0.0864. The molecule has 1 aromatic carbocycles. The van der Waals surface area contributed by atoms with Crippen LogP contribution in [0, 0.1) is 12.8 Å². The van der Waals surface area contributed by atoms with Gasteiger partial charge in [0.05, 0.1) is 18.1 Å². The van der Waals surface area contributed by atoms with Gasteiger partial charge >= 0.3 is 24.3 Å². The summed E-state index contributed by atoms with van der Waals surface area (Å²) in [7, 11) is 0. The molecule has 0 spiro atoms. The molecule has 1 saturated heterocycles. The number of aliphatic carboxylic acids is 2. The topological polar surface area (TPSA) is 213 Å². The van der Waals surface area contributed by atoms with Crippen LogP contribution in [0.4, 0.5) is 55.2 Å². The van der Waals surface area contributed by atoms with E-state index < -0.39 is 24.3 Å². The molecule has 5 heterocycles. The van der Waals surface area contributed by atoms with Gasteiger partial charge in [0, 0.05) is 49.1 Å². The summed E-state index contributed by atoms with van der Waals surface area (Å²) in [6.07, 6.45) is -3.39. The zero-order valence-corrected chi connectivity index (χ0v) is 27.8. The van der Waals surface area contributed by atoms with Crippen molar-refractivity contribution >= 4 is 64.2 Å². The normalized spacial score (nSPS) is 13.7. The van der Waals surface area contributed by atoms with E-state index >= 15 is 0 Å². The molecule has 6 bridgehead atoms. The van der Waals surface area contributed by atoms with E-state index in [1.54, 1.807) is 24.1 Å². The van der Waals surface area contributed by atoms with E-state index in [4.69, 9.17) is 35.9 Å². The lowest BCUT2D eigenvalue weighted by Crippen LogP contribution is -2.51. The Labute approximate surface area is 299 Å². The number of aryl methyl sites for hydroxylation is 3. The van der Waals surface area contributed by atoms with Crippen molar-refractivity contribution in [1.29, 1.82) is 0 Å². The molecule has 0 aliphatic carbocycles. The van der Waals surface area contributed by atoms with Gasteiger partial charge in [-0.05, 0) is 55.2 Å². The van der Waals surface area contributed by atoms with Gasteiger partial charge in [0.1, 0.15) is 10.8 Å². The lowest BCUT2D eigenvalue weighted by atomic mass is 9.95. The van der Waals surface area contributed by atoms with Crippen LogP contribution in [0.3, 0.4) is 0 Å². The first-order valence-corrected chi connectivity index (χ1v) is 15.4. The summed E-state index contributed by atoms with van der Waals surface area (Å²) in [5.41, 5.74) is 4.58. The van der Waals surface area contributed by atoms with Crippen molar-refractivity contribution in [2.24, 2.45) is 5.92 Å². The van der Waals surface area contributed by atoms with E-state index in [0.717, 1.165) is 34.6 Å². The zero-order valence-electron chi connectivity index (χ0n) is 27.0. The van der Waals surface area contributed by atoms with E-state index in [2.05, 4.69) is 36.1 Å². The monoisotopic (exact) mass is 772 g/mol. The quantitative estimate of drug-likeness (QED) is 0.156. The van der Waals surface area contributed by atoms with Gasteiger partial charge in [-0.3, -0.25) is 14.6 Å². The molecule has 3 aromatic heterocycles. The molecule has 5 N–H and O–H groups in total. The van der Waals surface area contributed by atoms with Crippen molar-refractivity contribution in [3.05, 3.63) is 76.5 Å². The van der Waals surface area contributed by atoms with Gasteiger partial charge in [0.15, 0.2) is 11.5 Å². The van der Waals surface area contributed by atoms with Crippen LogP contribution in [-0.4, -0.2) is 84.4 Å². The molecule has 0 unspecified atom stereocenters. The fourth-order valence-electron chi connectivity index (χ4n) is 4.71. The number of benzene rings is 1. The Bertz CT molecular complexity index is 1960. The maximum absolute atomic E-state index is 13.0. The van der Waals surface area contributed by atoms with Crippen LogP contribution < -0.4 is 16.0 Å². The standard InChI is InChI=1S/C27H25ClN8O3.2C2HF3O2/c1-15-6-23(35-39-15)26(38)36-13-17(14-36)8-24(37)33-22-5-4-19-9-18(22)3-2-16-7-20(11-29-10-16)32-27-30-12-21(28)25(31-19)34-27;2*3-2(4,5)1(6)7/h4-7,9-12,17H,2-3,8,13-14H2,1H3,(H,33,37)(H2,30,31,32,34);2*(H,6,7). The van der Waals surface area contributed by atoms with Crippen molar-refractivity contribution in [1.82, 2.24) is 25.0 Å². The Morgan fingerprint density at radius 2 is 1.60 bits per heavy atom. The van der Waals surface area contributed by atoms with Crippen LogP contribution in [-0.2, 0) is 27.2 Å².